The van der Waals surface area contributed by atoms with Crippen LogP contribution in [0.1, 0.15) is 0 Å². The van der Waals surface area contributed by atoms with Crippen LogP contribution in [0.2, 0.25) is 0 Å². The first-order chi connectivity index (χ1) is 8.66. The van der Waals surface area contributed by atoms with Gasteiger partial charge in [-0.2, -0.15) is 8.78 Å². The fourth-order valence-electron chi connectivity index (χ4n) is 1.04. The van der Waals surface area contributed by atoms with Gasteiger partial charge in [0.15, 0.2) is 0 Å². The van der Waals surface area contributed by atoms with E-state index >= 15 is 0 Å². The SMILES string of the molecule is O=C(Nc1ccc(Br)c([N+](=O)[O-])c1)C(F)(F)C(F)F. The van der Waals surface area contributed by atoms with Gasteiger partial charge in [-0.15, -0.1) is 0 Å². The molecule has 0 aliphatic heterocycles. The van der Waals surface area contributed by atoms with Gasteiger partial charge in [0.2, 0.25) is 0 Å². The lowest BCUT2D eigenvalue weighted by molar-refractivity contribution is -0.385. The summed E-state index contributed by atoms with van der Waals surface area (Å²) in [5.41, 5.74) is -0.890. The van der Waals surface area contributed by atoms with Crippen molar-refractivity contribution in [1.29, 1.82) is 0 Å². The molecular weight excluding hydrogens is 340 g/mol. The number of anilines is 1. The summed E-state index contributed by atoms with van der Waals surface area (Å²) in [6.07, 6.45) is -4.17. The molecule has 0 spiro atoms. The summed E-state index contributed by atoms with van der Waals surface area (Å²) in [7, 11) is 0. The van der Waals surface area contributed by atoms with Crippen LogP contribution in [0.15, 0.2) is 22.7 Å². The smallest absolute Gasteiger partial charge is 0.320 e. The van der Waals surface area contributed by atoms with Crippen molar-refractivity contribution < 1.29 is 27.3 Å². The molecule has 0 heterocycles. The molecule has 0 aliphatic rings. The Morgan fingerprint density at radius 1 is 1.42 bits per heavy atom. The molecule has 1 aromatic carbocycles. The molecule has 5 nitrogen and oxygen atoms in total. The second-order valence-corrected chi connectivity index (χ2v) is 4.16. The standard InChI is InChI=1S/C9H5BrF4N2O3/c10-5-2-1-4(3-6(5)16(18)19)15-8(17)9(13,14)7(11)12/h1-3,7H,(H,15,17). The van der Waals surface area contributed by atoms with E-state index in [1.54, 1.807) is 0 Å². The van der Waals surface area contributed by atoms with Crippen molar-refractivity contribution in [3.05, 3.63) is 32.8 Å². The topological polar surface area (TPSA) is 72.2 Å². The zero-order valence-corrected chi connectivity index (χ0v) is 10.5. The summed E-state index contributed by atoms with van der Waals surface area (Å²) in [6, 6.07) is 2.94. The summed E-state index contributed by atoms with van der Waals surface area (Å²) < 4.78 is 49.2. The van der Waals surface area contributed by atoms with Crippen LogP contribution < -0.4 is 5.32 Å². The van der Waals surface area contributed by atoms with E-state index in [1.807, 2.05) is 0 Å². The maximum Gasteiger partial charge on any atom is 0.383 e. The molecule has 19 heavy (non-hydrogen) atoms. The molecule has 0 unspecified atom stereocenters. The quantitative estimate of drug-likeness (QED) is 0.518. The minimum absolute atomic E-state index is 0.0520. The van der Waals surface area contributed by atoms with Gasteiger partial charge >= 0.3 is 18.3 Å². The van der Waals surface area contributed by atoms with Gasteiger partial charge < -0.3 is 5.32 Å². The van der Waals surface area contributed by atoms with Crippen LogP contribution in [0, 0.1) is 10.1 Å². The number of rotatable bonds is 4. The van der Waals surface area contributed by atoms with Crippen LogP contribution in [0.3, 0.4) is 0 Å². The normalized spacial score (nSPS) is 11.5. The summed E-state index contributed by atoms with van der Waals surface area (Å²) in [5, 5.41) is 12.1. The fraction of sp³-hybridized carbons (Fsp3) is 0.222. The van der Waals surface area contributed by atoms with E-state index < -0.39 is 28.9 Å². The summed E-state index contributed by atoms with van der Waals surface area (Å²) in [6.45, 7) is 0. The third-order valence-corrected chi connectivity index (χ3v) is 2.65. The van der Waals surface area contributed by atoms with Crippen molar-refractivity contribution in [2.75, 3.05) is 5.32 Å². The van der Waals surface area contributed by atoms with Crippen LogP contribution in [0.25, 0.3) is 0 Å². The summed E-state index contributed by atoms with van der Waals surface area (Å²) >= 11 is 2.84. The molecule has 0 saturated heterocycles. The Bertz CT molecular complexity index is 524. The molecule has 1 N–H and O–H groups in total. The third kappa shape index (κ3) is 3.40. The van der Waals surface area contributed by atoms with Crippen molar-refractivity contribution in [3.63, 3.8) is 0 Å². The Kier molecular flexibility index (Phi) is 4.45. The van der Waals surface area contributed by atoms with E-state index in [4.69, 9.17) is 0 Å². The molecule has 104 valence electrons. The van der Waals surface area contributed by atoms with E-state index in [0.29, 0.717) is 0 Å². The van der Waals surface area contributed by atoms with Gasteiger partial charge in [-0.25, -0.2) is 8.78 Å². The Hall–Kier alpha value is -1.71. The van der Waals surface area contributed by atoms with Crippen LogP contribution in [0.5, 0.6) is 0 Å². The first-order valence-corrected chi connectivity index (χ1v) is 5.37. The first-order valence-electron chi connectivity index (χ1n) is 4.57. The van der Waals surface area contributed by atoms with E-state index in [9.17, 15) is 32.5 Å². The molecule has 0 aliphatic carbocycles. The Morgan fingerprint density at radius 2 is 2.00 bits per heavy atom. The third-order valence-electron chi connectivity index (χ3n) is 1.98. The van der Waals surface area contributed by atoms with Gasteiger partial charge in [-0.05, 0) is 28.1 Å². The molecule has 10 heteroatoms. The molecule has 0 atom stereocenters. The molecule has 0 bridgehead atoms. The molecule has 0 aromatic heterocycles. The highest BCUT2D eigenvalue weighted by atomic mass is 79.9. The number of hydrogen-bond donors (Lipinski definition) is 1. The number of amides is 1. The van der Waals surface area contributed by atoms with Crippen LogP contribution in [-0.4, -0.2) is 23.2 Å². The van der Waals surface area contributed by atoms with Crippen molar-refractivity contribution in [3.8, 4) is 0 Å². The van der Waals surface area contributed by atoms with Crippen LogP contribution >= 0.6 is 15.9 Å². The first kappa shape index (κ1) is 15.3. The fourth-order valence-corrected chi connectivity index (χ4v) is 1.44. The van der Waals surface area contributed by atoms with Crippen LogP contribution in [-0.2, 0) is 4.79 Å². The minimum Gasteiger partial charge on any atom is -0.320 e. The van der Waals surface area contributed by atoms with Gasteiger partial charge in [0.05, 0.1) is 9.40 Å². The minimum atomic E-state index is -4.87. The predicted octanol–water partition coefficient (Wildman–Crippen LogP) is 3.20. The number of carbonyl (C=O) groups is 1. The van der Waals surface area contributed by atoms with Crippen molar-refractivity contribution in [2.24, 2.45) is 0 Å². The number of nitrogens with zero attached hydrogens (tertiary/aromatic N) is 1. The number of nitrogens with one attached hydrogen (secondary N) is 1. The van der Waals surface area contributed by atoms with E-state index in [2.05, 4.69) is 15.9 Å². The molecule has 0 radical (unpaired) electrons. The van der Waals surface area contributed by atoms with Crippen LogP contribution in [0.4, 0.5) is 28.9 Å². The van der Waals surface area contributed by atoms with Gasteiger partial charge in [0, 0.05) is 11.8 Å². The summed E-state index contributed by atoms with van der Waals surface area (Å²) in [5.74, 6) is -7.11. The van der Waals surface area contributed by atoms with Gasteiger partial charge in [-0.3, -0.25) is 14.9 Å². The van der Waals surface area contributed by atoms with Crippen molar-refractivity contribution in [1.82, 2.24) is 0 Å². The maximum atomic E-state index is 12.7. The summed E-state index contributed by atoms with van der Waals surface area (Å²) in [4.78, 5) is 20.7. The van der Waals surface area contributed by atoms with E-state index in [0.717, 1.165) is 18.2 Å². The number of alkyl halides is 4. The largest absolute Gasteiger partial charge is 0.383 e. The lowest BCUT2D eigenvalue weighted by Gasteiger charge is -2.14. The number of nitro groups is 1. The highest BCUT2D eigenvalue weighted by Gasteiger charge is 2.49. The Balaban J connectivity index is 2.98. The number of hydrogen-bond acceptors (Lipinski definition) is 3. The van der Waals surface area contributed by atoms with Gasteiger partial charge in [0.1, 0.15) is 0 Å². The average Bonchev–Trinajstić information content (AvgIpc) is 2.30. The highest BCUT2D eigenvalue weighted by molar-refractivity contribution is 9.10. The molecule has 1 aromatic rings. The monoisotopic (exact) mass is 344 g/mol. The second-order valence-electron chi connectivity index (χ2n) is 3.30. The zero-order valence-electron chi connectivity index (χ0n) is 8.87. The average molecular weight is 345 g/mol. The molecule has 0 fully saturated rings. The number of carbonyl (C=O) groups excluding carboxylic acids is 1. The van der Waals surface area contributed by atoms with E-state index in [1.165, 1.54) is 5.32 Å². The van der Waals surface area contributed by atoms with Crippen molar-refractivity contribution >= 4 is 33.2 Å². The zero-order chi connectivity index (χ0) is 14.8. The Labute approximate surface area is 111 Å². The predicted molar refractivity (Wildman–Crippen MR) is 60.4 cm³/mol. The molecule has 0 saturated carbocycles. The number of benzene rings is 1. The maximum absolute atomic E-state index is 12.7. The van der Waals surface area contributed by atoms with Crippen molar-refractivity contribution in [2.45, 2.75) is 12.3 Å². The lowest BCUT2D eigenvalue weighted by Crippen LogP contribution is -2.40. The lowest BCUT2D eigenvalue weighted by atomic mass is 10.2. The number of halogens is 5. The highest BCUT2D eigenvalue weighted by Crippen LogP contribution is 2.29. The molecule has 1 amide bonds. The van der Waals surface area contributed by atoms with Gasteiger partial charge in [-0.1, -0.05) is 0 Å². The van der Waals surface area contributed by atoms with E-state index in [-0.39, 0.29) is 10.2 Å². The molecule has 1 rings (SSSR count). The van der Waals surface area contributed by atoms with Gasteiger partial charge in [0.25, 0.3) is 5.69 Å². The number of nitro benzene ring substituents is 1. The second kappa shape index (κ2) is 5.51. The Morgan fingerprint density at radius 3 is 2.47 bits per heavy atom. The molecular formula is C9H5BrF4N2O3.